The fraction of sp³-hybridized carbons (Fsp3) is 0.350. The topological polar surface area (TPSA) is 100 Å². The molecule has 2 aromatic rings. The van der Waals surface area contributed by atoms with Crippen LogP contribution in [-0.2, 0) is 9.53 Å². The highest BCUT2D eigenvalue weighted by Crippen LogP contribution is 2.21. The lowest BCUT2D eigenvalue weighted by molar-refractivity contribution is -0.116. The van der Waals surface area contributed by atoms with Crippen molar-refractivity contribution in [3.8, 4) is 0 Å². The van der Waals surface area contributed by atoms with E-state index in [1.165, 1.54) is 0 Å². The number of H-pyrrole nitrogens is 1. The summed E-state index contributed by atoms with van der Waals surface area (Å²) in [5, 5.41) is 5.53. The van der Waals surface area contributed by atoms with E-state index in [0.717, 1.165) is 15.7 Å². The molecule has 0 aliphatic heterocycles. The Bertz CT molecular complexity index is 905. The van der Waals surface area contributed by atoms with Gasteiger partial charge in [0.05, 0.1) is 12.2 Å². The van der Waals surface area contributed by atoms with Gasteiger partial charge in [-0.2, -0.15) is 0 Å². The third-order valence-corrected chi connectivity index (χ3v) is 4.75. The van der Waals surface area contributed by atoms with Crippen molar-refractivity contribution in [1.82, 2.24) is 10.3 Å². The maximum atomic E-state index is 12.4. The minimum Gasteiger partial charge on any atom is -0.462 e. The SMILES string of the molecule is CCOC(=O)c1c(C)[nH]c(C(=O)NCCC(=O)Nc2cc(Br)ccc2C)c1C. The minimum atomic E-state index is -0.462. The summed E-state index contributed by atoms with van der Waals surface area (Å²) in [6.45, 7) is 7.46. The number of nitrogens with one attached hydrogen (secondary N) is 3. The number of aromatic nitrogens is 1. The summed E-state index contributed by atoms with van der Waals surface area (Å²) in [6.07, 6.45) is 0.126. The van der Waals surface area contributed by atoms with E-state index in [0.29, 0.717) is 22.5 Å². The van der Waals surface area contributed by atoms with Crippen molar-refractivity contribution in [2.45, 2.75) is 34.1 Å². The van der Waals surface area contributed by atoms with Crippen LogP contribution in [0.4, 0.5) is 5.69 Å². The Labute approximate surface area is 172 Å². The van der Waals surface area contributed by atoms with Crippen molar-refractivity contribution in [3.05, 3.63) is 50.8 Å². The van der Waals surface area contributed by atoms with Gasteiger partial charge in [0, 0.05) is 28.8 Å². The van der Waals surface area contributed by atoms with Crippen LogP contribution in [0.5, 0.6) is 0 Å². The summed E-state index contributed by atoms with van der Waals surface area (Å²) in [7, 11) is 0. The number of aryl methyl sites for hydroxylation is 2. The van der Waals surface area contributed by atoms with Crippen LogP contribution >= 0.6 is 15.9 Å². The van der Waals surface area contributed by atoms with Crippen molar-refractivity contribution in [2.24, 2.45) is 0 Å². The number of esters is 1. The normalized spacial score (nSPS) is 10.5. The van der Waals surface area contributed by atoms with E-state index in [1.807, 2.05) is 25.1 Å². The number of amides is 2. The molecule has 3 N–H and O–H groups in total. The second-order valence-corrected chi connectivity index (χ2v) is 7.27. The first-order valence-electron chi connectivity index (χ1n) is 8.95. The molecule has 1 aromatic carbocycles. The maximum absolute atomic E-state index is 12.4. The molecule has 1 aromatic heterocycles. The predicted molar refractivity (Wildman–Crippen MR) is 111 cm³/mol. The van der Waals surface area contributed by atoms with Crippen molar-refractivity contribution < 1.29 is 19.1 Å². The molecule has 0 saturated carbocycles. The number of benzene rings is 1. The zero-order valence-corrected chi connectivity index (χ0v) is 18.0. The molecule has 0 aliphatic rings. The number of hydrogen-bond donors (Lipinski definition) is 3. The van der Waals surface area contributed by atoms with Gasteiger partial charge >= 0.3 is 5.97 Å². The van der Waals surface area contributed by atoms with Crippen LogP contribution in [0.3, 0.4) is 0 Å². The molecule has 0 unspecified atom stereocenters. The van der Waals surface area contributed by atoms with E-state index in [9.17, 15) is 14.4 Å². The number of hydrogen-bond acceptors (Lipinski definition) is 4. The van der Waals surface area contributed by atoms with Gasteiger partial charge in [-0.3, -0.25) is 9.59 Å². The molecule has 150 valence electrons. The van der Waals surface area contributed by atoms with Crippen LogP contribution in [0.1, 0.15) is 51.0 Å². The molecule has 0 atom stereocenters. The highest BCUT2D eigenvalue weighted by molar-refractivity contribution is 9.10. The van der Waals surface area contributed by atoms with Crippen LogP contribution in [0.2, 0.25) is 0 Å². The lowest BCUT2D eigenvalue weighted by Gasteiger charge is -2.09. The van der Waals surface area contributed by atoms with Crippen molar-refractivity contribution in [2.75, 3.05) is 18.5 Å². The minimum absolute atomic E-state index is 0.126. The molecule has 2 rings (SSSR count). The number of rotatable bonds is 7. The molecule has 0 bridgehead atoms. The Morgan fingerprint density at radius 2 is 1.89 bits per heavy atom. The Morgan fingerprint density at radius 1 is 1.18 bits per heavy atom. The molecule has 0 saturated heterocycles. The summed E-state index contributed by atoms with van der Waals surface area (Å²) in [5.74, 6) is -1.03. The summed E-state index contributed by atoms with van der Waals surface area (Å²) >= 11 is 3.37. The van der Waals surface area contributed by atoms with Crippen LogP contribution in [0.25, 0.3) is 0 Å². The smallest absolute Gasteiger partial charge is 0.340 e. The van der Waals surface area contributed by atoms with Gasteiger partial charge in [0.2, 0.25) is 5.91 Å². The van der Waals surface area contributed by atoms with Gasteiger partial charge in [-0.25, -0.2) is 4.79 Å². The Kier molecular flexibility index (Phi) is 7.39. The molecule has 0 aliphatic carbocycles. The van der Waals surface area contributed by atoms with E-state index in [1.54, 1.807) is 20.8 Å². The third-order valence-electron chi connectivity index (χ3n) is 4.26. The van der Waals surface area contributed by atoms with Crippen LogP contribution in [-0.4, -0.2) is 35.9 Å². The highest BCUT2D eigenvalue weighted by Gasteiger charge is 2.22. The van der Waals surface area contributed by atoms with Gasteiger partial charge in [-0.1, -0.05) is 22.0 Å². The number of anilines is 1. The second-order valence-electron chi connectivity index (χ2n) is 6.36. The molecule has 0 radical (unpaired) electrons. The average molecular weight is 450 g/mol. The Morgan fingerprint density at radius 3 is 2.57 bits per heavy atom. The first kappa shape index (κ1) is 21.7. The number of halogens is 1. The van der Waals surface area contributed by atoms with Crippen molar-refractivity contribution in [3.63, 3.8) is 0 Å². The monoisotopic (exact) mass is 449 g/mol. The third kappa shape index (κ3) is 5.22. The number of ether oxygens (including phenoxy) is 1. The molecule has 0 fully saturated rings. The zero-order chi connectivity index (χ0) is 20.8. The zero-order valence-electron chi connectivity index (χ0n) is 16.4. The lowest BCUT2D eigenvalue weighted by atomic mass is 10.1. The molecular weight excluding hydrogens is 426 g/mol. The lowest BCUT2D eigenvalue weighted by Crippen LogP contribution is -2.28. The number of carbonyl (C=O) groups is 3. The van der Waals surface area contributed by atoms with Gasteiger partial charge in [0.1, 0.15) is 5.69 Å². The maximum Gasteiger partial charge on any atom is 0.340 e. The fourth-order valence-electron chi connectivity index (χ4n) is 2.81. The van der Waals surface area contributed by atoms with Crippen molar-refractivity contribution >= 4 is 39.4 Å². The molecule has 7 nitrogen and oxygen atoms in total. The largest absolute Gasteiger partial charge is 0.462 e. The number of aromatic amines is 1. The van der Waals surface area contributed by atoms with Crippen LogP contribution in [0.15, 0.2) is 22.7 Å². The molecule has 8 heteroatoms. The van der Waals surface area contributed by atoms with Gasteiger partial charge in [0.25, 0.3) is 5.91 Å². The molecule has 0 spiro atoms. The van der Waals surface area contributed by atoms with Gasteiger partial charge in [-0.15, -0.1) is 0 Å². The predicted octanol–water partition coefficient (Wildman–Crippen LogP) is 3.64. The first-order valence-corrected chi connectivity index (χ1v) is 9.74. The number of carbonyl (C=O) groups excluding carboxylic acids is 3. The van der Waals surface area contributed by atoms with Crippen LogP contribution in [0, 0.1) is 20.8 Å². The first-order chi connectivity index (χ1) is 13.2. The van der Waals surface area contributed by atoms with Gasteiger partial charge in [0.15, 0.2) is 0 Å². The molecule has 1 heterocycles. The summed E-state index contributed by atoms with van der Waals surface area (Å²) < 4.78 is 5.89. The summed E-state index contributed by atoms with van der Waals surface area (Å²) in [4.78, 5) is 39.5. The molecular formula is C20H24BrN3O4. The van der Waals surface area contributed by atoms with Crippen molar-refractivity contribution in [1.29, 1.82) is 0 Å². The van der Waals surface area contributed by atoms with Crippen LogP contribution < -0.4 is 10.6 Å². The summed E-state index contributed by atoms with van der Waals surface area (Å²) in [6, 6.07) is 5.63. The van der Waals surface area contributed by atoms with E-state index < -0.39 is 5.97 Å². The second kappa shape index (κ2) is 9.54. The van der Waals surface area contributed by atoms with Gasteiger partial charge in [-0.05, 0) is 51.0 Å². The molecule has 28 heavy (non-hydrogen) atoms. The summed E-state index contributed by atoms with van der Waals surface area (Å²) in [5.41, 5.74) is 3.44. The average Bonchev–Trinajstić information content (AvgIpc) is 2.92. The quantitative estimate of drug-likeness (QED) is 0.561. The fourth-order valence-corrected chi connectivity index (χ4v) is 3.17. The standard InChI is InChI=1S/C20H24BrN3O4/c1-5-28-20(27)17-12(3)18(23-13(17)4)19(26)22-9-8-16(25)24-15-10-14(21)7-6-11(15)2/h6-7,10,23H,5,8-9H2,1-4H3,(H,22,26)(H,24,25). The Hall–Kier alpha value is -2.61. The van der Waals surface area contributed by atoms with E-state index >= 15 is 0 Å². The van der Waals surface area contributed by atoms with E-state index in [2.05, 4.69) is 31.5 Å². The van der Waals surface area contributed by atoms with E-state index in [4.69, 9.17) is 4.74 Å². The molecule has 2 amide bonds. The van der Waals surface area contributed by atoms with Gasteiger partial charge < -0.3 is 20.4 Å². The Balaban J connectivity index is 1.94. The highest BCUT2D eigenvalue weighted by atomic mass is 79.9. The van der Waals surface area contributed by atoms with E-state index in [-0.39, 0.29) is 31.4 Å².